The lowest BCUT2D eigenvalue weighted by Crippen LogP contribution is -2.03. The van der Waals surface area contributed by atoms with Crippen LogP contribution in [0.4, 0.5) is 20.2 Å². The van der Waals surface area contributed by atoms with Crippen molar-refractivity contribution < 1.29 is 13.7 Å². The van der Waals surface area contributed by atoms with E-state index in [2.05, 4.69) is 5.32 Å². The summed E-state index contributed by atoms with van der Waals surface area (Å²) in [4.78, 5) is 9.70. The molecule has 0 aliphatic heterocycles. The van der Waals surface area contributed by atoms with Crippen molar-refractivity contribution in [2.45, 2.75) is 6.54 Å². The van der Waals surface area contributed by atoms with Gasteiger partial charge in [0, 0.05) is 12.6 Å². The normalized spacial score (nSPS) is 9.95. The van der Waals surface area contributed by atoms with Crippen LogP contribution < -0.4 is 5.32 Å². The number of rotatable bonds is 4. The van der Waals surface area contributed by atoms with Crippen LogP contribution in [0.15, 0.2) is 36.4 Å². The van der Waals surface area contributed by atoms with E-state index in [-0.39, 0.29) is 12.1 Å². The first-order valence-electron chi connectivity index (χ1n) is 5.87. The molecule has 0 saturated carbocycles. The molecule has 2 rings (SSSR count). The molecule has 1 N–H and O–H groups in total. The molecule has 0 bridgehead atoms. The molecule has 106 valence electrons. The van der Waals surface area contributed by atoms with Crippen molar-refractivity contribution in [2.75, 3.05) is 5.32 Å². The summed E-state index contributed by atoms with van der Waals surface area (Å²) < 4.78 is 26.4. The van der Waals surface area contributed by atoms with Gasteiger partial charge in [0.15, 0.2) is 0 Å². The fourth-order valence-electron chi connectivity index (χ4n) is 1.77. The van der Waals surface area contributed by atoms with Crippen molar-refractivity contribution >= 4 is 11.4 Å². The van der Waals surface area contributed by atoms with Crippen LogP contribution in [0.2, 0.25) is 0 Å². The number of nitro benzene ring substituents is 1. The molecule has 5 nitrogen and oxygen atoms in total. The summed E-state index contributed by atoms with van der Waals surface area (Å²) in [7, 11) is 0. The zero-order chi connectivity index (χ0) is 15.4. The second-order valence-electron chi connectivity index (χ2n) is 4.20. The number of benzene rings is 2. The third kappa shape index (κ3) is 3.30. The first kappa shape index (κ1) is 14.4. The van der Waals surface area contributed by atoms with E-state index in [1.54, 1.807) is 0 Å². The second-order valence-corrected chi connectivity index (χ2v) is 4.20. The summed E-state index contributed by atoms with van der Waals surface area (Å²) in [5, 5.41) is 22.3. The summed E-state index contributed by atoms with van der Waals surface area (Å²) in [6, 6.07) is 9.04. The highest BCUT2D eigenvalue weighted by molar-refractivity contribution is 5.57. The molecular weight excluding hydrogens is 280 g/mol. The molecule has 0 radical (unpaired) electrons. The van der Waals surface area contributed by atoms with Crippen LogP contribution in [0.1, 0.15) is 11.1 Å². The Morgan fingerprint density at radius 1 is 1.24 bits per heavy atom. The third-order valence-corrected chi connectivity index (χ3v) is 2.79. The Kier molecular flexibility index (Phi) is 4.09. The molecule has 0 fully saturated rings. The number of nitriles is 1. The van der Waals surface area contributed by atoms with Gasteiger partial charge in [0.25, 0.3) is 0 Å². The van der Waals surface area contributed by atoms with E-state index in [9.17, 15) is 18.9 Å². The van der Waals surface area contributed by atoms with Gasteiger partial charge in [-0.25, -0.2) is 4.39 Å². The van der Waals surface area contributed by atoms with E-state index >= 15 is 0 Å². The summed E-state index contributed by atoms with van der Waals surface area (Å²) in [6.07, 6.45) is 0. The van der Waals surface area contributed by atoms with Gasteiger partial charge in [0.2, 0.25) is 5.82 Å². The number of anilines is 1. The standard InChI is InChI=1S/C14H9F2N3O2/c15-11-2-3-13(10(6-11)7-17)18-8-9-1-4-14(19(20)21)12(16)5-9/h1-6,18H,8H2. The summed E-state index contributed by atoms with van der Waals surface area (Å²) in [6.45, 7) is 0.148. The van der Waals surface area contributed by atoms with Crippen LogP contribution in [0.3, 0.4) is 0 Å². The maximum absolute atomic E-state index is 13.5. The van der Waals surface area contributed by atoms with Crippen LogP contribution in [-0.4, -0.2) is 4.92 Å². The molecule has 0 aliphatic carbocycles. The minimum absolute atomic E-state index is 0.123. The van der Waals surface area contributed by atoms with Gasteiger partial charge in [-0.2, -0.15) is 9.65 Å². The zero-order valence-corrected chi connectivity index (χ0v) is 10.6. The first-order chi connectivity index (χ1) is 10.0. The van der Waals surface area contributed by atoms with Crippen molar-refractivity contribution in [3.05, 3.63) is 69.3 Å². The van der Waals surface area contributed by atoms with Crippen molar-refractivity contribution in [3.8, 4) is 6.07 Å². The Morgan fingerprint density at radius 2 is 2.00 bits per heavy atom. The predicted molar refractivity (Wildman–Crippen MR) is 71.5 cm³/mol. The average molecular weight is 289 g/mol. The van der Waals surface area contributed by atoms with Crippen molar-refractivity contribution in [1.82, 2.24) is 0 Å². The quantitative estimate of drug-likeness (QED) is 0.691. The van der Waals surface area contributed by atoms with Gasteiger partial charge in [-0.1, -0.05) is 6.07 Å². The fourth-order valence-corrected chi connectivity index (χ4v) is 1.77. The Morgan fingerprint density at radius 3 is 2.62 bits per heavy atom. The highest BCUT2D eigenvalue weighted by atomic mass is 19.1. The molecule has 2 aromatic carbocycles. The molecule has 0 amide bonds. The van der Waals surface area contributed by atoms with Gasteiger partial charge < -0.3 is 5.32 Å². The molecule has 0 spiro atoms. The molecule has 0 aromatic heterocycles. The first-order valence-corrected chi connectivity index (χ1v) is 5.87. The summed E-state index contributed by atoms with van der Waals surface area (Å²) >= 11 is 0. The van der Waals surface area contributed by atoms with Crippen LogP contribution in [0.5, 0.6) is 0 Å². The van der Waals surface area contributed by atoms with Gasteiger partial charge in [-0.05, 0) is 29.8 Å². The van der Waals surface area contributed by atoms with Gasteiger partial charge >= 0.3 is 5.69 Å². The van der Waals surface area contributed by atoms with E-state index in [0.29, 0.717) is 11.3 Å². The Bertz CT molecular complexity index is 741. The molecule has 0 unspecified atom stereocenters. The molecule has 0 saturated heterocycles. The number of nitrogens with one attached hydrogen (secondary N) is 1. The Labute approximate surface area is 118 Å². The van der Waals surface area contributed by atoms with Crippen molar-refractivity contribution in [3.63, 3.8) is 0 Å². The average Bonchev–Trinajstić information content (AvgIpc) is 2.45. The molecule has 2 aromatic rings. The van der Waals surface area contributed by atoms with E-state index in [1.165, 1.54) is 18.2 Å². The van der Waals surface area contributed by atoms with Crippen LogP contribution >= 0.6 is 0 Å². The molecular formula is C14H9F2N3O2. The summed E-state index contributed by atoms with van der Waals surface area (Å²) in [5.74, 6) is -1.46. The van der Waals surface area contributed by atoms with E-state index in [0.717, 1.165) is 18.2 Å². The Balaban J connectivity index is 2.16. The third-order valence-electron chi connectivity index (χ3n) is 2.79. The minimum atomic E-state index is -0.932. The van der Waals surface area contributed by atoms with Gasteiger partial charge in [-0.3, -0.25) is 10.1 Å². The van der Waals surface area contributed by atoms with E-state index < -0.39 is 22.2 Å². The molecule has 7 heteroatoms. The number of hydrogen-bond acceptors (Lipinski definition) is 4. The number of nitrogens with zero attached hydrogens (tertiary/aromatic N) is 2. The lowest BCUT2D eigenvalue weighted by atomic mass is 10.1. The van der Waals surface area contributed by atoms with Crippen molar-refractivity contribution in [2.24, 2.45) is 0 Å². The van der Waals surface area contributed by atoms with Crippen molar-refractivity contribution in [1.29, 1.82) is 5.26 Å². The molecule has 0 aliphatic rings. The summed E-state index contributed by atoms with van der Waals surface area (Å²) in [5.41, 5.74) is 0.389. The van der Waals surface area contributed by atoms with Gasteiger partial charge in [0.1, 0.15) is 11.9 Å². The lowest BCUT2D eigenvalue weighted by Gasteiger charge is -2.08. The molecule has 0 heterocycles. The largest absolute Gasteiger partial charge is 0.380 e. The Hall–Kier alpha value is -3.01. The maximum atomic E-state index is 13.5. The van der Waals surface area contributed by atoms with E-state index in [4.69, 9.17) is 5.26 Å². The highest BCUT2D eigenvalue weighted by Gasteiger charge is 2.13. The smallest absolute Gasteiger partial charge is 0.304 e. The second kappa shape index (κ2) is 5.96. The van der Waals surface area contributed by atoms with Gasteiger partial charge in [-0.15, -0.1) is 0 Å². The fraction of sp³-hybridized carbons (Fsp3) is 0.0714. The topological polar surface area (TPSA) is 79.0 Å². The van der Waals surface area contributed by atoms with Gasteiger partial charge in [0.05, 0.1) is 16.2 Å². The predicted octanol–water partition coefficient (Wildman–Crippen LogP) is 3.36. The minimum Gasteiger partial charge on any atom is -0.380 e. The maximum Gasteiger partial charge on any atom is 0.304 e. The van der Waals surface area contributed by atoms with Crippen LogP contribution in [-0.2, 0) is 6.54 Å². The number of halogens is 2. The van der Waals surface area contributed by atoms with Crippen LogP contribution in [0.25, 0.3) is 0 Å². The zero-order valence-electron chi connectivity index (χ0n) is 10.6. The molecule has 21 heavy (non-hydrogen) atoms. The molecule has 0 atom stereocenters. The number of nitro groups is 1. The monoisotopic (exact) mass is 289 g/mol. The van der Waals surface area contributed by atoms with E-state index in [1.807, 2.05) is 6.07 Å². The highest BCUT2D eigenvalue weighted by Crippen LogP contribution is 2.20. The number of hydrogen-bond donors (Lipinski definition) is 1. The lowest BCUT2D eigenvalue weighted by molar-refractivity contribution is -0.387. The SMILES string of the molecule is N#Cc1cc(F)ccc1NCc1ccc([N+](=O)[O-])c(F)c1. The van der Waals surface area contributed by atoms with Crippen LogP contribution in [0, 0.1) is 33.1 Å².